The third kappa shape index (κ3) is 6.39. The highest BCUT2D eigenvalue weighted by Crippen LogP contribution is 2.30. The Kier molecular flexibility index (Phi) is 7.34. The van der Waals surface area contributed by atoms with E-state index in [-0.39, 0.29) is 17.8 Å². The number of hydrogen-bond acceptors (Lipinski definition) is 2. The number of hydrogen-bond donors (Lipinski definition) is 0. The molecule has 0 saturated heterocycles. The van der Waals surface area contributed by atoms with Gasteiger partial charge in [0.2, 0.25) is 6.29 Å². The molecule has 0 radical (unpaired) electrons. The standard InChI is InChI=1S/C21H34O2/c1-9-10-19(15(2)3)17-11-13-18(14-12-17)23-20(21(6,7)8)22-16(4)5/h9-16,19-20H,1-8H3/b10-9-. The predicted octanol–water partition coefficient (Wildman–Crippen LogP) is 6.18. The number of ether oxygens (including phenoxy) is 2. The summed E-state index contributed by atoms with van der Waals surface area (Å²) in [7, 11) is 0. The van der Waals surface area contributed by atoms with Gasteiger partial charge in [-0.15, -0.1) is 0 Å². The molecule has 0 amide bonds. The molecular weight excluding hydrogens is 284 g/mol. The van der Waals surface area contributed by atoms with Crippen molar-refractivity contribution in [3.05, 3.63) is 42.0 Å². The molecule has 2 atom stereocenters. The monoisotopic (exact) mass is 318 g/mol. The molecule has 2 heteroatoms. The minimum Gasteiger partial charge on any atom is -0.464 e. The molecule has 0 bridgehead atoms. The molecule has 2 unspecified atom stereocenters. The Morgan fingerprint density at radius 3 is 1.91 bits per heavy atom. The minimum absolute atomic E-state index is 0.0750. The van der Waals surface area contributed by atoms with E-state index < -0.39 is 0 Å². The second-order valence-electron chi connectivity index (χ2n) is 7.87. The van der Waals surface area contributed by atoms with Crippen molar-refractivity contribution < 1.29 is 9.47 Å². The van der Waals surface area contributed by atoms with Gasteiger partial charge in [0.1, 0.15) is 5.75 Å². The van der Waals surface area contributed by atoms with Gasteiger partial charge in [0, 0.05) is 11.3 Å². The smallest absolute Gasteiger partial charge is 0.204 e. The van der Waals surface area contributed by atoms with Crippen molar-refractivity contribution in [3.63, 3.8) is 0 Å². The summed E-state index contributed by atoms with van der Waals surface area (Å²) in [6, 6.07) is 8.43. The van der Waals surface area contributed by atoms with Gasteiger partial charge in [-0.1, -0.05) is 58.9 Å². The molecule has 1 rings (SSSR count). The van der Waals surface area contributed by atoms with Crippen molar-refractivity contribution in [2.45, 2.75) is 73.7 Å². The van der Waals surface area contributed by atoms with Crippen LogP contribution >= 0.6 is 0 Å². The van der Waals surface area contributed by atoms with Gasteiger partial charge in [-0.2, -0.15) is 0 Å². The van der Waals surface area contributed by atoms with E-state index in [9.17, 15) is 0 Å². The van der Waals surface area contributed by atoms with Gasteiger partial charge < -0.3 is 9.47 Å². The lowest BCUT2D eigenvalue weighted by Crippen LogP contribution is -2.36. The normalized spacial score (nSPS) is 15.4. The summed E-state index contributed by atoms with van der Waals surface area (Å²) < 4.78 is 12.0. The summed E-state index contributed by atoms with van der Waals surface area (Å²) in [5.41, 5.74) is 1.25. The van der Waals surface area contributed by atoms with Crippen molar-refractivity contribution in [1.29, 1.82) is 0 Å². The fraction of sp³-hybridized carbons (Fsp3) is 0.619. The molecule has 0 spiro atoms. The van der Waals surface area contributed by atoms with Crippen LogP contribution in [0.15, 0.2) is 36.4 Å². The molecular formula is C21H34O2. The highest BCUT2D eigenvalue weighted by Gasteiger charge is 2.28. The van der Waals surface area contributed by atoms with Crippen molar-refractivity contribution >= 4 is 0 Å². The maximum Gasteiger partial charge on any atom is 0.204 e. The van der Waals surface area contributed by atoms with Crippen LogP contribution in [-0.2, 0) is 4.74 Å². The van der Waals surface area contributed by atoms with Crippen molar-refractivity contribution in [2.24, 2.45) is 11.3 Å². The third-order valence-corrected chi connectivity index (χ3v) is 3.73. The molecule has 1 aromatic rings. The van der Waals surface area contributed by atoms with Gasteiger partial charge in [-0.3, -0.25) is 0 Å². The van der Waals surface area contributed by atoms with Crippen molar-refractivity contribution in [1.82, 2.24) is 0 Å². The Bertz CT molecular complexity index is 478. The van der Waals surface area contributed by atoms with E-state index in [0.717, 1.165) is 5.75 Å². The molecule has 0 saturated carbocycles. The Morgan fingerprint density at radius 1 is 0.957 bits per heavy atom. The second-order valence-corrected chi connectivity index (χ2v) is 7.87. The van der Waals surface area contributed by atoms with Crippen LogP contribution in [0.5, 0.6) is 5.75 Å². The van der Waals surface area contributed by atoms with Crippen LogP contribution in [0.25, 0.3) is 0 Å². The van der Waals surface area contributed by atoms with Gasteiger partial charge >= 0.3 is 0 Å². The summed E-state index contributed by atoms with van der Waals surface area (Å²) in [6.45, 7) is 17.1. The van der Waals surface area contributed by atoms with Crippen LogP contribution < -0.4 is 4.74 Å². The van der Waals surface area contributed by atoms with E-state index in [1.807, 2.05) is 13.8 Å². The van der Waals surface area contributed by atoms with Gasteiger partial charge in [0.05, 0.1) is 6.10 Å². The van der Waals surface area contributed by atoms with Gasteiger partial charge in [-0.25, -0.2) is 0 Å². The zero-order valence-corrected chi connectivity index (χ0v) is 16.1. The first kappa shape index (κ1) is 19.8. The van der Waals surface area contributed by atoms with E-state index >= 15 is 0 Å². The quantitative estimate of drug-likeness (QED) is 0.441. The molecule has 2 nitrogen and oxygen atoms in total. The maximum absolute atomic E-state index is 6.10. The van der Waals surface area contributed by atoms with Crippen LogP contribution in [-0.4, -0.2) is 12.4 Å². The van der Waals surface area contributed by atoms with Crippen LogP contribution in [0, 0.1) is 11.3 Å². The highest BCUT2D eigenvalue weighted by atomic mass is 16.7. The van der Waals surface area contributed by atoms with E-state index in [1.54, 1.807) is 0 Å². The predicted molar refractivity (Wildman–Crippen MR) is 98.9 cm³/mol. The van der Waals surface area contributed by atoms with Crippen LogP contribution in [0.3, 0.4) is 0 Å². The zero-order chi connectivity index (χ0) is 17.6. The third-order valence-electron chi connectivity index (χ3n) is 3.73. The summed E-state index contributed by atoms with van der Waals surface area (Å²) in [5, 5.41) is 0. The molecule has 0 aliphatic heterocycles. The first-order chi connectivity index (χ1) is 10.6. The Labute approximate surface area is 142 Å². The minimum atomic E-state index is -0.259. The van der Waals surface area contributed by atoms with Crippen LogP contribution in [0.4, 0.5) is 0 Å². The average Bonchev–Trinajstić information content (AvgIpc) is 2.43. The van der Waals surface area contributed by atoms with E-state index in [2.05, 4.69) is 78.0 Å². The molecule has 130 valence electrons. The van der Waals surface area contributed by atoms with Gasteiger partial charge in [0.15, 0.2) is 0 Å². The van der Waals surface area contributed by atoms with Crippen molar-refractivity contribution in [2.75, 3.05) is 0 Å². The van der Waals surface area contributed by atoms with E-state index in [0.29, 0.717) is 11.8 Å². The Balaban J connectivity index is 2.90. The van der Waals surface area contributed by atoms with E-state index in [1.165, 1.54) is 5.56 Å². The summed E-state index contributed by atoms with van der Waals surface area (Å²) in [5.74, 6) is 1.88. The van der Waals surface area contributed by atoms with Gasteiger partial charge in [0.25, 0.3) is 0 Å². The summed E-state index contributed by atoms with van der Waals surface area (Å²) in [6.07, 6.45) is 4.27. The lowest BCUT2D eigenvalue weighted by Gasteiger charge is -2.32. The molecule has 0 heterocycles. The topological polar surface area (TPSA) is 18.5 Å². The van der Waals surface area contributed by atoms with E-state index in [4.69, 9.17) is 9.47 Å². The molecule has 0 N–H and O–H groups in total. The fourth-order valence-corrected chi connectivity index (χ4v) is 2.47. The molecule has 0 aliphatic rings. The largest absolute Gasteiger partial charge is 0.464 e. The molecule has 23 heavy (non-hydrogen) atoms. The molecule has 1 aromatic carbocycles. The Morgan fingerprint density at radius 2 is 1.52 bits per heavy atom. The maximum atomic E-state index is 6.10. The lowest BCUT2D eigenvalue weighted by molar-refractivity contribution is -0.162. The number of allylic oxidation sites excluding steroid dienone is 2. The highest BCUT2D eigenvalue weighted by molar-refractivity contribution is 5.32. The molecule has 0 fully saturated rings. The SMILES string of the molecule is C/C=C\C(c1ccc(OC(OC(C)C)C(C)(C)C)cc1)C(C)C. The second kappa shape index (κ2) is 8.54. The first-order valence-corrected chi connectivity index (χ1v) is 8.70. The summed E-state index contributed by atoms with van der Waals surface area (Å²) >= 11 is 0. The van der Waals surface area contributed by atoms with Crippen molar-refractivity contribution in [3.8, 4) is 5.75 Å². The van der Waals surface area contributed by atoms with Gasteiger partial charge in [-0.05, 0) is 44.4 Å². The number of benzene rings is 1. The zero-order valence-electron chi connectivity index (χ0n) is 16.1. The first-order valence-electron chi connectivity index (χ1n) is 8.70. The number of rotatable bonds is 7. The fourth-order valence-electron chi connectivity index (χ4n) is 2.47. The van der Waals surface area contributed by atoms with Crippen LogP contribution in [0.2, 0.25) is 0 Å². The lowest BCUT2D eigenvalue weighted by atomic mass is 9.88. The van der Waals surface area contributed by atoms with Crippen LogP contribution in [0.1, 0.15) is 66.9 Å². The Hall–Kier alpha value is -1.28. The summed E-state index contributed by atoms with van der Waals surface area (Å²) in [4.78, 5) is 0. The average molecular weight is 319 g/mol. The molecule has 0 aliphatic carbocycles. The molecule has 0 aromatic heterocycles.